The molecular weight excluding hydrogens is 432 g/mol. The normalized spacial score (nSPS) is 13.6. The molecule has 0 aliphatic carbocycles. The molecule has 1 atom stereocenters. The molecule has 0 spiro atoms. The molecule has 0 fully saturated rings. The number of carbonyl (C=O) groups is 2. The average molecular weight is 463 g/mol. The Balaban J connectivity index is 1.51. The van der Waals surface area contributed by atoms with Gasteiger partial charge in [-0.2, -0.15) is 5.10 Å². The van der Waals surface area contributed by atoms with Crippen LogP contribution in [0.1, 0.15) is 58.3 Å². The van der Waals surface area contributed by atoms with Crippen molar-refractivity contribution < 1.29 is 14.7 Å². The van der Waals surface area contributed by atoms with Gasteiger partial charge in [0.1, 0.15) is 11.5 Å². The zero-order valence-corrected chi connectivity index (χ0v) is 19.6. The summed E-state index contributed by atoms with van der Waals surface area (Å²) in [4.78, 5) is 34.4. The number of pyridine rings is 2. The van der Waals surface area contributed by atoms with Crippen molar-refractivity contribution in [3.8, 4) is 0 Å². The Kier molecular flexibility index (Phi) is 7.20. The minimum Gasteiger partial charge on any atom is -0.481 e. The van der Waals surface area contributed by atoms with E-state index in [9.17, 15) is 14.7 Å². The number of carboxylic acid groups (broad SMARTS) is 1. The van der Waals surface area contributed by atoms with Crippen LogP contribution in [0.15, 0.2) is 42.7 Å². The number of rotatable bonds is 9. The first-order valence-corrected chi connectivity index (χ1v) is 11.6. The van der Waals surface area contributed by atoms with Gasteiger partial charge in [-0.3, -0.25) is 19.3 Å². The molecule has 1 unspecified atom stereocenters. The third-order valence-electron chi connectivity index (χ3n) is 6.03. The van der Waals surface area contributed by atoms with E-state index in [4.69, 9.17) is 4.98 Å². The molecule has 2 N–H and O–H groups in total. The fourth-order valence-electron chi connectivity index (χ4n) is 4.29. The first kappa shape index (κ1) is 23.4. The third-order valence-corrected chi connectivity index (χ3v) is 6.03. The average Bonchev–Trinajstić information content (AvgIpc) is 3.30. The Labute approximate surface area is 198 Å². The van der Waals surface area contributed by atoms with Crippen molar-refractivity contribution in [1.82, 2.24) is 24.6 Å². The number of amides is 1. The fourth-order valence-corrected chi connectivity index (χ4v) is 4.29. The Bertz CT molecular complexity index is 1170. The van der Waals surface area contributed by atoms with E-state index in [0.717, 1.165) is 55.9 Å². The molecule has 178 valence electrons. The summed E-state index contributed by atoms with van der Waals surface area (Å²) in [6.07, 6.45) is 7.70. The van der Waals surface area contributed by atoms with Crippen molar-refractivity contribution >= 4 is 17.7 Å². The number of carboxylic acids is 1. The van der Waals surface area contributed by atoms with Crippen molar-refractivity contribution in [2.45, 2.75) is 44.6 Å². The molecule has 34 heavy (non-hydrogen) atoms. The number of nitrogens with zero attached hydrogens (tertiary/aromatic N) is 5. The Morgan fingerprint density at radius 1 is 1.18 bits per heavy atom. The van der Waals surface area contributed by atoms with Crippen LogP contribution >= 0.6 is 0 Å². The lowest BCUT2D eigenvalue weighted by molar-refractivity contribution is -0.137. The molecule has 3 aromatic heterocycles. The summed E-state index contributed by atoms with van der Waals surface area (Å²) in [7, 11) is 3.31. The van der Waals surface area contributed by atoms with Gasteiger partial charge in [0, 0.05) is 44.4 Å². The smallest absolute Gasteiger partial charge is 0.305 e. The lowest BCUT2D eigenvalue weighted by atomic mass is 10.0. The van der Waals surface area contributed by atoms with E-state index in [1.54, 1.807) is 43.3 Å². The van der Waals surface area contributed by atoms with Crippen LogP contribution < -0.4 is 5.32 Å². The molecule has 0 saturated carbocycles. The molecule has 0 radical (unpaired) electrons. The summed E-state index contributed by atoms with van der Waals surface area (Å²) in [5.74, 6) is -0.172. The standard InChI is InChI=1S/C25H30N6O3/c1-30(2)25(34)21-15-18(10-13-26-21)22(16-23(32)33)31-20(11-14-28-31)7-3-6-19-9-8-17-5-4-12-27-24(17)29-19/h8-11,13-15,22H,3-7,12,16H2,1-2H3,(H,27,29)(H,32,33). The molecule has 1 aliphatic heterocycles. The molecule has 1 aliphatic rings. The second-order valence-electron chi connectivity index (χ2n) is 8.75. The van der Waals surface area contributed by atoms with Gasteiger partial charge < -0.3 is 15.3 Å². The van der Waals surface area contributed by atoms with Crippen molar-refractivity contribution in [2.75, 3.05) is 26.0 Å². The highest BCUT2D eigenvalue weighted by Gasteiger charge is 2.22. The van der Waals surface area contributed by atoms with Gasteiger partial charge in [-0.25, -0.2) is 4.98 Å². The van der Waals surface area contributed by atoms with Crippen LogP contribution in [0, 0.1) is 0 Å². The molecule has 0 bridgehead atoms. The highest BCUT2D eigenvalue weighted by Crippen LogP contribution is 2.25. The predicted molar refractivity (Wildman–Crippen MR) is 128 cm³/mol. The number of hydrogen-bond donors (Lipinski definition) is 2. The molecule has 4 rings (SSSR count). The number of carbonyl (C=O) groups excluding carboxylic acids is 1. The van der Waals surface area contributed by atoms with E-state index >= 15 is 0 Å². The van der Waals surface area contributed by atoms with Crippen LogP contribution in [0.2, 0.25) is 0 Å². The van der Waals surface area contributed by atoms with E-state index in [-0.39, 0.29) is 18.0 Å². The second-order valence-corrected chi connectivity index (χ2v) is 8.75. The first-order chi connectivity index (χ1) is 16.4. The van der Waals surface area contributed by atoms with Crippen molar-refractivity contribution in [1.29, 1.82) is 0 Å². The van der Waals surface area contributed by atoms with Gasteiger partial charge in [-0.05, 0) is 67.5 Å². The topological polar surface area (TPSA) is 113 Å². The van der Waals surface area contributed by atoms with Gasteiger partial charge in [-0.15, -0.1) is 0 Å². The molecule has 1 amide bonds. The molecule has 9 heteroatoms. The van der Waals surface area contributed by atoms with Gasteiger partial charge in [0.2, 0.25) is 0 Å². The summed E-state index contributed by atoms with van der Waals surface area (Å²) in [6, 6.07) is 9.04. The molecule has 3 aromatic rings. The van der Waals surface area contributed by atoms with Crippen LogP contribution in [0.4, 0.5) is 5.82 Å². The molecule has 4 heterocycles. The highest BCUT2D eigenvalue weighted by atomic mass is 16.4. The van der Waals surface area contributed by atoms with Crippen molar-refractivity contribution in [2.24, 2.45) is 0 Å². The number of hydrogen-bond acceptors (Lipinski definition) is 6. The Morgan fingerprint density at radius 3 is 2.82 bits per heavy atom. The van der Waals surface area contributed by atoms with Crippen LogP contribution in [0.25, 0.3) is 0 Å². The number of nitrogens with one attached hydrogen (secondary N) is 1. The van der Waals surface area contributed by atoms with E-state index in [0.29, 0.717) is 5.56 Å². The summed E-state index contributed by atoms with van der Waals surface area (Å²) < 4.78 is 1.76. The largest absolute Gasteiger partial charge is 0.481 e. The van der Waals surface area contributed by atoms with Crippen LogP contribution in [0.5, 0.6) is 0 Å². The van der Waals surface area contributed by atoms with Gasteiger partial charge in [-0.1, -0.05) is 6.07 Å². The highest BCUT2D eigenvalue weighted by molar-refractivity contribution is 5.92. The summed E-state index contributed by atoms with van der Waals surface area (Å²) in [5, 5.41) is 17.4. The maximum atomic E-state index is 12.4. The van der Waals surface area contributed by atoms with Gasteiger partial charge in [0.05, 0.1) is 12.5 Å². The Morgan fingerprint density at radius 2 is 2.03 bits per heavy atom. The monoisotopic (exact) mass is 462 g/mol. The zero-order chi connectivity index (χ0) is 24.1. The van der Waals surface area contributed by atoms with E-state index in [1.807, 2.05) is 6.07 Å². The molecule has 9 nitrogen and oxygen atoms in total. The molecule has 0 saturated heterocycles. The van der Waals surface area contributed by atoms with Crippen LogP contribution in [-0.2, 0) is 24.1 Å². The molecule has 0 aromatic carbocycles. The number of fused-ring (bicyclic) bond motifs is 1. The first-order valence-electron chi connectivity index (χ1n) is 11.6. The fraction of sp³-hybridized carbons (Fsp3) is 0.400. The second kappa shape index (κ2) is 10.5. The number of aromatic nitrogens is 4. The maximum absolute atomic E-state index is 12.4. The third kappa shape index (κ3) is 5.41. The minimum absolute atomic E-state index is 0.146. The lowest BCUT2D eigenvalue weighted by Crippen LogP contribution is -2.24. The number of anilines is 1. The van der Waals surface area contributed by atoms with Crippen LogP contribution in [-0.4, -0.2) is 62.3 Å². The summed E-state index contributed by atoms with van der Waals surface area (Å²) in [6.45, 7) is 0.963. The van der Waals surface area contributed by atoms with E-state index in [2.05, 4.69) is 27.5 Å². The number of aryl methyl sites for hydroxylation is 3. The summed E-state index contributed by atoms with van der Waals surface area (Å²) in [5.41, 5.74) is 4.23. The quantitative estimate of drug-likeness (QED) is 0.503. The van der Waals surface area contributed by atoms with Gasteiger partial charge >= 0.3 is 5.97 Å². The van der Waals surface area contributed by atoms with Crippen molar-refractivity contribution in [3.63, 3.8) is 0 Å². The molecular formula is C25H30N6O3. The van der Waals surface area contributed by atoms with E-state index in [1.165, 1.54) is 10.5 Å². The van der Waals surface area contributed by atoms with Gasteiger partial charge in [0.15, 0.2) is 0 Å². The predicted octanol–water partition coefficient (Wildman–Crippen LogP) is 2.97. The SMILES string of the molecule is CN(C)C(=O)c1cc(C(CC(=O)O)n2nccc2CCCc2ccc3c(n2)NCCC3)ccn1. The summed E-state index contributed by atoms with van der Waals surface area (Å²) >= 11 is 0. The Hall–Kier alpha value is -3.75. The van der Waals surface area contributed by atoms with Crippen molar-refractivity contribution in [3.05, 3.63) is 70.9 Å². The zero-order valence-electron chi connectivity index (χ0n) is 19.6. The van der Waals surface area contributed by atoms with Gasteiger partial charge in [0.25, 0.3) is 5.91 Å². The van der Waals surface area contributed by atoms with Crippen LogP contribution in [0.3, 0.4) is 0 Å². The van der Waals surface area contributed by atoms with E-state index < -0.39 is 12.0 Å². The minimum atomic E-state index is -0.936. The number of aliphatic carboxylic acids is 1. The maximum Gasteiger partial charge on any atom is 0.305 e. The lowest BCUT2D eigenvalue weighted by Gasteiger charge is -2.20.